The molecule has 0 spiro atoms. The number of aromatic nitrogens is 7. The summed E-state index contributed by atoms with van der Waals surface area (Å²) in [5.41, 5.74) is 10.2. The Balaban J connectivity index is 1.11. The molecule has 5 aromatic rings. The minimum Gasteiger partial charge on any atom is -0.494 e. The molecule has 1 saturated heterocycles. The van der Waals surface area contributed by atoms with E-state index in [1.54, 1.807) is 6.20 Å². The van der Waals surface area contributed by atoms with E-state index < -0.39 is 0 Å². The Hall–Kier alpha value is -4.25. The Morgan fingerprint density at radius 3 is 2.51 bits per heavy atom. The van der Waals surface area contributed by atoms with Crippen molar-refractivity contribution in [2.45, 2.75) is 19.9 Å². The summed E-state index contributed by atoms with van der Waals surface area (Å²) in [6, 6.07) is 14.1. The monoisotopic (exact) mass is 498 g/mol. The van der Waals surface area contributed by atoms with Gasteiger partial charge in [0.2, 0.25) is 11.8 Å². The van der Waals surface area contributed by atoms with E-state index in [1.807, 2.05) is 29.1 Å². The molecule has 1 aliphatic rings. The molecule has 1 aromatic carbocycles. The van der Waals surface area contributed by atoms with Gasteiger partial charge in [-0.1, -0.05) is 13.0 Å². The lowest BCUT2D eigenvalue weighted by molar-refractivity contribution is 0.249. The van der Waals surface area contributed by atoms with E-state index in [9.17, 15) is 0 Å². The lowest BCUT2D eigenvalue weighted by Crippen LogP contribution is -2.47. The third-order valence-electron chi connectivity index (χ3n) is 6.66. The van der Waals surface area contributed by atoms with Gasteiger partial charge in [0.05, 0.1) is 12.9 Å². The number of anilines is 2. The van der Waals surface area contributed by atoms with Gasteiger partial charge >= 0.3 is 0 Å². The number of piperazine rings is 1. The molecule has 4 aromatic heterocycles. The molecule has 1 fully saturated rings. The van der Waals surface area contributed by atoms with Crippen LogP contribution in [0.25, 0.3) is 28.3 Å². The molecular formula is C26H30N10O. The van der Waals surface area contributed by atoms with Gasteiger partial charge in [-0.25, -0.2) is 9.97 Å². The molecular weight excluding hydrogens is 468 g/mol. The maximum absolute atomic E-state index is 6.25. The van der Waals surface area contributed by atoms with Crippen LogP contribution in [0.15, 0.2) is 55.0 Å². The van der Waals surface area contributed by atoms with Crippen LogP contribution < -0.4 is 15.4 Å². The van der Waals surface area contributed by atoms with Crippen molar-refractivity contribution < 1.29 is 4.74 Å². The summed E-state index contributed by atoms with van der Waals surface area (Å²) < 4.78 is 9.28. The number of imidazole rings is 1. The minimum absolute atomic E-state index is 0.277. The minimum atomic E-state index is 0.277. The Morgan fingerprint density at radius 2 is 1.76 bits per heavy atom. The molecule has 0 aliphatic carbocycles. The number of hydrogen-bond acceptors (Lipinski definition) is 9. The SMILES string of the molecule is CCCOc1ccc(N2CCN(CCn3cnc4c3nc(N)n3nc(-c5ccccn5)nc43)CC2)cc1. The van der Waals surface area contributed by atoms with Crippen molar-refractivity contribution in [2.75, 3.05) is 50.0 Å². The summed E-state index contributed by atoms with van der Waals surface area (Å²) in [4.78, 5) is 23.1. The van der Waals surface area contributed by atoms with Crippen LogP contribution in [-0.2, 0) is 6.54 Å². The number of nitrogens with two attached hydrogens (primary N) is 1. The fraction of sp³-hybridized carbons (Fsp3) is 0.346. The number of rotatable bonds is 8. The standard InChI is InChI=1S/C26H30N10O/c1-2-17-37-20-8-6-19(7-9-20)34-14-11-33(12-15-34)13-16-35-18-29-22-24(35)31-26(27)36-25(22)30-23(32-36)21-5-3-4-10-28-21/h3-10,18H,2,11-17H2,1H3,(H2,27,31). The van der Waals surface area contributed by atoms with E-state index in [-0.39, 0.29) is 5.95 Å². The lowest BCUT2D eigenvalue weighted by atomic mass is 10.2. The molecule has 5 heterocycles. The maximum Gasteiger partial charge on any atom is 0.225 e. The van der Waals surface area contributed by atoms with Crippen LogP contribution >= 0.6 is 0 Å². The fourth-order valence-corrected chi connectivity index (χ4v) is 4.65. The second kappa shape index (κ2) is 10.0. The summed E-state index contributed by atoms with van der Waals surface area (Å²) in [7, 11) is 0. The average Bonchev–Trinajstić information content (AvgIpc) is 3.57. The molecule has 11 nitrogen and oxygen atoms in total. The predicted octanol–water partition coefficient (Wildman–Crippen LogP) is 2.73. The number of benzene rings is 1. The van der Waals surface area contributed by atoms with Crippen LogP contribution in [0, 0.1) is 0 Å². The van der Waals surface area contributed by atoms with E-state index >= 15 is 0 Å². The first-order valence-electron chi connectivity index (χ1n) is 12.7. The maximum atomic E-state index is 6.25. The van der Waals surface area contributed by atoms with Crippen LogP contribution in [-0.4, -0.2) is 78.3 Å². The number of hydrogen-bond donors (Lipinski definition) is 1. The van der Waals surface area contributed by atoms with Crippen LogP contribution in [0.2, 0.25) is 0 Å². The zero-order chi connectivity index (χ0) is 25.2. The third kappa shape index (κ3) is 4.65. The molecule has 6 rings (SSSR count). The first-order valence-corrected chi connectivity index (χ1v) is 12.7. The van der Waals surface area contributed by atoms with Crippen molar-refractivity contribution in [3.63, 3.8) is 0 Å². The largest absolute Gasteiger partial charge is 0.494 e. The van der Waals surface area contributed by atoms with Gasteiger partial charge in [0.15, 0.2) is 16.8 Å². The molecule has 0 unspecified atom stereocenters. The molecule has 0 amide bonds. The number of pyridine rings is 1. The normalized spacial score (nSPS) is 14.6. The van der Waals surface area contributed by atoms with Gasteiger partial charge in [-0.3, -0.25) is 9.88 Å². The van der Waals surface area contributed by atoms with Crippen LogP contribution in [0.5, 0.6) is 5.75 Å². The van der Waals surface area contributed by atoms with E-state index in [2.05, 4.69) is 66.0 Å². The molecule has 0 saturated carbocycles. The molecule has 0 atom stereocenters. The van der Waals surface area contributed by atoms with Gasteiger partial charge in [-0.2, -0.15) is 9.50 Å². The van der Waals surface area contributed by atoms with Crippen molar-refractivity contribution in [1.82, 2.24) is 39.0 Å². The number of nitrogens with zero attached hydrogens (tertiary/aromatic N) is 9. The van der Waals surface area contributed by atoms with Crippen LogP contribution in [0.3, 0.4) is 0 Å². The van der Waals surface area contributed by atoms with Crippen molar-refractivity contribution in [1.29, 1.82) is 0 Å². The topological polar surface area (TPSA) is 116 Å². The summed E-state index contributed by atoms with van der Waals surface area (Å²) >= 11 is 0. The van der Waals surface area contributed by atoms with Crippen molar-refractivity contribution >= 4 is 28.4 Å². The van der Waals surface area contributed by atoms with Gasteiger partial charge in [0.25, 0.3) is 0 Å². The smallest absolute Gasteiger partial charge is 0.225 e. The Labute approximate surface area is 214 Å². The summed E-state index contributed by atoms with van der Waals surface area (Å²) in [5, 5.41) is 4.50. The average molecular weight is 499 g/mol. The fourth-order valence-electron chi connectivity index (χ4n) is 4.65. The lowest BCUT2D eigenvalue weighted by Gasteiger charge is -2.36. The number of nitrogen functional groups attached to an aromatic ring is 1. The number of fused-ring (bicyclic) bond motifs is 3. The van der Waals surface area contributed by atoms with Gasteiger partial charge in [-0.15, -0.1) is 5.10 Å². The second-order valence-electron chi connectivity index (χ2n) is 9.14. The molecule has 2 N–H and O–H groups in total. The van der Waals surface area contributed by atoms with Gasteiger partial charge in [0.1, 0.15) is 11.4 Å². The molecule has 11 heteroatoms. The van der Waals surface area contributed by atoms with Crippen molar-refractivity contribution in [3.8, 4) is 17.3 Å². The van der Waals surface area contributed by atoms with Gasteiger partial charge in [0, 0.05) is 51.2 Å². The summed E-state index contributed by atoms with van der Waals surface area (Å²) in [5.74, 6) is 1.71. The molecule has 0 bridgehead atoms. The first kappa shape index (κ1) is 23.2. The zero-order valence-corrected chi connectivity index (χ0v) is 20.9. The number of ether oxygens (including phenoxy) is 1. The Kier molecular flexibility index (Phi) is 6.27. The molecule has 0 radical (unpaired) electrons. The zero-order valence-electron chi connectivity index (χ0n) is 20.9. The van der Waals surface area contributed by atoms with Crippen molar-refractivity contribution in [2.24, 2.45) is 0 Å². The summed E-state index contributed by atoms with van der Waals surface area (Å²) in [6.45, 7) is 8.51. The van der Waals surface area contributed by atoms with E-state index in [0.717, 1.165) is 58.0 Å². The quantitative estimate of drug-likeness (QED) is 0.345. The highest BCUT2D eigenvalue weighted by Crippen LogP contribution is 2.23. The van der Waals surface area contributed by atoms with Crippen LogP contribution in [0.1, 0.15) is 13.3 Å². The first-order chi connectivity index (χ1) is 18.2. The molecule has 1 aliphatic heterocycles. The van der Waals surface area contributed by atoms with E-state index in [4.69, 9.17) is 10.5 Å². The van der Waals surface area contributed by atoms with Crippen molar-refractivity contribution in [3.05, 3.63) is 55.0 Å². The summed E-state index contributed by atoms with van der Waals surface area (Å²) in [6.07, 6.45) is 4.54. The van der Waals surface area contributed by atoms with Gasteiger partial charge in [-0.05, 0) is 42.8 Å². The Bertz CT molecular complexity index is 1490. The molecule has 37 heavy (non-hydrogen) atoms. The highest BCUT2D eigenvalue weighted by Gasteiger charge is 2.20. The van der Waals surface area contributed by atoms with Gasteiger partial charge < -0.3 is 19.9 Å². The molecule has 190 valence electrons. The van der Waals surface area contributed by atoms with E-state index in [1.165, 1.54) is 10.2 Å². The second-order valence-corrected chi connectivity index (χ2v) is 9.14. The van der Waals surface area contributed by atoms with E-state index in [0.29, 0.717) is 28.3 Å². The third-order valence-corrected chi connectivity index (χ3v) is 6.66. The highest BCUT2D eigenvalue weighted by atomic mass is 16.5. The Morgan fingerprint density at radius 1 is 0.919 bits per heavy atom. The predicted molar refractivity (Wildman–Crippen MR) is 143 cm³/mol. The van der Waals surface area contributed by atoms with Crippen LogP contribution in [0.4, 0.5) is 11.6 Å². The highest BCUT2D eigenvalue weighted by molar-refractivity contribution is 5.87.